The van der Waals surface area contributed by atoms with Gasteiger partial charge in [0.15, 0.2) is 5.75 Å². The van der Waals surface area contributed by atoms with E-state index in [-0.39, 0.29) is 10.6 Å². The summed E-state index contributed by atoms with van der Waals surface area (Å²) in [7, 11) is -4.08. The molecule has 8 nitrogen and oxygen atoms in total. The smallest absolute Gasteiger partial charge is 0.339 e. The Bertz CT molecular complexity index is 965. The average Bonchev–Trinajstić information content (AvgIpc) is 2.56. The van der Waals surface area contributed by atoms with Gasteiger partial charge in [0, 0.05) is 0 Å². The number of amides is 1. The van der Waals surface area contributed by atoms with E-state index in [4.69, 9.17) is 10.8 Å². The molecule has 2 aromatic rings. The minimum Gasteiger partial charge on any atom is -0.505 e. The van der Waals surface area contributed by atoms with E-state index >= 15 is 0 Å². The van der Waals surface area contributed by atoms with Crippen LogP contribution in [0.15, 0.2) is 47.4 Å². The van der Waals surface area contributed by atoms with Crippen LogP contribution in [0.2, 0.25) is 0 Å². The van der Waals surface area contributed by atoms with Crippen LogP contribution in [0.3, 0.4) is 0 Å². The first kappa shape index (κ1) is 19.3. The van der Waals surface area contributed by atoms with Gasteiger partial charge in [-0.15, -0.1) is 0 Å². The van der Waals surface area contributed by atoms with E-state index in [1.165, 1.54) is 36.4 Å². The van der Waals surface area contributed by atoms with Crippen LogP contribution in [0.5, 0.6) is 5.75 Å². The van der Waals surface area contributed by atoms with Crippen molar-refractivity contribution in [1.82, 2.24) is 0 Å². The van der Waals surface area contributed by atoms with Crippen LogP contribution < -0.4 is 10.5 Å². The number of benzene rings is 2. The summed E-state index contributed by atoms with van der Waals surface area (Å²) in [6.45, 7) is 3.24. The molecule has 0 spiro atoms. The maximum atomic E-state index is 12.5. The Labute approximate surface area is 150 Å². The van der Waals surface area contributed by atoms with E-state index in [2.05, 4.69) is 4.72 Å². The fourth-order valence-corrected chi connectivity index (χ4v) is 3.26. The number of sulfonamides is 1. The quantitative estimate of drug-likeness (QED) is 0.562. The van der Waals surface area contributed by atoms with E-state index < -0.39 is 38.6 Å². The predicted molar refractivity (Wildman–Crippen MR) is 94.5 cm³/mol. The Morgan fingerprint density at radius 2 is 1.65 bits per heavy atom. The van der Waals surface area contributed by atoms with Crippen molar-refractivity contribution in [2.75, 3.05) is 4.72 Å². The zero-order chi connectivity index (χ0) is 19.7. The summed E-state index contributed by atoms with van der Waals surface area (Å²) in [5.74, 6) is -2.63. The maximum absolute atomic E-state index is 12.5. The Hall–Kier alpha value is -3.07. The van der Waals surface area contributed by atoms with Gasteiger partial charge in [-0.05, 0) is 43.7 Å². The number of nitrogens with two attached hydrogens (primary N) is 1. The number of carbonyl (C=O) groups is 2. The topological polar surface area (TPSA) is 147 Å². The van der Waals surface area contributed by atoms with Crippen molar-refractivity contribution in [3.8, 4) is 5.75 Å². The molecule has 1 amide bonds. The summed E-state index contributed by atoms with van der Waals surface area (Å²) in [5.41, 5.74) is 4.23. The number of primary amides is 1. The van der Waals surface area contributed by atoms with E-state index in [9.17, 15) is 23.1 Å². The number of carboxylic acid groups (broad SMARTS) is 1. The number of rotatable bonds is 6. The third-order valence-corrected chi connectivity index (χ3v) is 5.39. The molecule has 5 N–H and O–H groups in total. The number of carboxylic acids is 1. The fraction of sp³-hybridized carbons (Fsp3) is 0.176. The number of anilines is 1. The van der Waals surface area contributed by atoms with Gasteiger partial charge in [0.05, 0.1) is 16.0 Å². The van der Waals surface area contributed by atoms with Gasteiger partial charge in [-0.1, -0.05) is 18.2 Å². The minimum atomic E-state index is -4.08. The molecule has 0 fully saturated rings. The lowest BCUT2D eigenvalue weighted by Crippen LogP contribution is -2.35. The number of carbonyl (C=O) groups excluding carboxylic acids is 1. The summed E-state index contributed by atoms with van der Waals surface area (Å²) >= 11 is 0. The molecule has 0 unspecified atom stereocenters. The lowest BCUT2D eigenvalue weighted by atomic mass is 9.84. The Morgan fingerprint density at radius 1 is 1.08 bits per heavy atom. The first-order chi connectivity index (χ1) is 12.0. The molecule has 0 aromatic heterocycles. The van der Waals surface area contributed by atoms with Gasteiger partial charge in [0.2, 0.25) is 5.91 Å². The maximum Gasteiger partial charge on any atom is 0.339 e. The molecule has 0 bridgehead atoms. The van der Waals surface area contributed by atoms with Crippen LogP contribution >= 0.6 is 0 Å². The first-order valence-electron chi connectivity index (χ1n) is 7.45. The molecule has 138 valence electrons. The molecule has 0 saturated carbocycles. The van der Waals surface area contributed by atoms with Gasteiger partial charge >= 0.3 is 5.97 Å². The van der Waals surface area contributed by atoms with Gasteiger partial charge in [0.1, 0.15) is 5.56 Å². The van der Waals surface area contributed by atoms with Crippen molar-refractivity contribution < 1.29 is 28.2 Å². The highest BCUT2D eigenvalue weighted by molar-refractivity contribution is 7.92. The number of nitrogens with one attached hydrogen (secondary N) is 1. The number of hydrogen-bond acceptors (Lipinski definition) is 5. The second kappa shape index (κ2) is 6.68. The van der Waals surface area contributed by atoms with Crippen LogP contribution in [-0.2, 0) is 20.2 Å². The van der Waals surface area contributed by atoms with Crippen molar-refractivity contribution in [1.29, 1.82) is 0 Å². The molecule has 0 heterocycles. The van der Waals surface area contributed by atoms with Crippen molar-refractivity contribution in [2.45, 2.75) is 24.2 Å². The highest BCUT2D eigenvalue weighted by Gasteiger charge is 2.28. The van der Waals surface area contributed by atoms with Crippen molar-refractivity contribution >= 4 is 27.6 Å². The molecule has 9 heteroatoms. The molecule has 0 aliphatic rings. The largest absolute Gasteiger partial charge is 0.505 e. The molecular weight excluding hydrogens is 360 g/mol. The highest BCUT2D eigenvalue weighted by Crippen LogP contribution is 2.30. The van der Waals surface area contributed by atoms with Crippen LogP contribution in [-0.4, -0.2) is 30.5 Å². The standard InChI is InChI=1S/C17H18N2O6S/c1-17(2,16(18)23)10-6-8-11(9-7-10)26(24,25)19-13-5-3-4-12(14(13)20)15(21)22/h3-9,19-20H,1-2H3,(H2,18,23)(H,21,22). The van der Waals surface area contributed by atoms with Gasteiger partial charge < -0.3 is 15.9 Å². The summed E-state index contributed by atoms with van der Waals surface area (Å²) in [5, 5.41) is 18.9. The number of aromatic carboxylic acids is 1. The molecule has 2 rings (SSSR count). The Morgan fingerprint density at radius 3 is 2.15 bits per heavy atom. The molecule has 0 atom stereocenters. The zero-order valence-electron chi connectivity index (χ0n) is 14.1. The SMILES string of the molecule is CC(C)(C(N)=O)c1ccc(S(=O)(=O)Nc2cccc(C(=O)O)c2O)cc1. The molecular formula is C17H18N2O6S. The minimum absolute atomic E-state index is 0.123. The lowest BCUT2D eigenvalue weighted by molar-refractivity contribution is -0.122. The fourth-order valence-electron chi connectivity index (χ4n) is 2.20. The third-order valence-electron chi connectivity index (χ3n) is 4.01. The molecule has 2 aromatic carbocycles. The normalized spacial score (nSPS) is 11.8. The van der Waals surface area contributed by atoms with Crippen LogP contribution in [0.1, 0.15) is 29.8 Å². The summed E-state index contributed by atoms with van der Waals surface area (Å²) in [6.07, 6.45) is 0. The summed E-state index contributed by atoms with van der Waals surface area (Å²) < 4.78 is 27.1. The van der Waals surface area contributed by atoms with Crippen LogP contribution in [0.4, 0.5) is 5.69 Å². The average molecular weight is 378 g/mol. The van der Waals surface area contributed by atoms with Crippen molar-refractivity contribution in [3.63, 3.8) is 0 Å². The number of phenols is 1. The number of para-hydroxylation sites is 1. The van der Waals surface area contributed by atoms with Crippen LogP contribution in [0, 0.1) is 0 Å². The Balaban J connectivity index is 2.36. The first-order valence-corrected chi connectivity index (χ1v) is 8.93. The van der Waals surface area contributed by atoms with E-state index in [1.807, 2.05) is 0 Å². The third kappa shape index (κ3) is 3.62. The number of hydrogen-bond donors (Lipinski definition) is 4. The lowest BCUT2D eigenvalue weighted by Gasteiger charge is -2.21. The van der Waals surface area contributed by atoms with Gasteiger partial charge in [-0.25, -0.2) is 13.2 Å². The van der Waals surface area contributed by atoms with Gasteiger partial charge in [0.25, 0.3) is 10.0 Å². The monoisotopic (exact) mass is 378 g/mol. The van der Waals surface area contributed by atoms with Gasteiger partial charge in [-0.3, -0.25) is 9.52 Å². The van der Waals surface area contributed by atoms with Gasteiger partial charge in [-0.2, -0.15) is 0 Å². The summed E-state index contributed by atoms with van der Waals surface area (Å²) in [6, 6.07) is 9.21. The molecule has 26 heavy (non-hydrogen) atoms. The van der Waals surface area contributed by atoms with E-state index in [0.29, 0.717) is 5.56 Å². The Kier molecular flexibility index (Phi) is 4.95. The molecule has 0 saturated heterocycles. The van der Waals surface area contributed by atoms with Crippen LogP contribution in [0.25, 0.3) is 0 Å². The van der Waals surface area contributed by atoms with E-state index in [0.717, 1.165) is 6.07 Å². The van der Waals surface area contributed by atoms with Crippen molar-refractivity contribution in [3.05, 3.63) is 53.6 Å². The second-order valence-electron chi connectivity index (χ2n) is 6.13. The molecule has 0 aliphatic carbocycles. The molecule has 0 aliphatic heterocycles. The predicted octanol–water partition coefficient (Wildman–Crippen LogP) is 1.65. The molecule has 0 radical (unpaired) electrons. The zero-order valence-corrected chi connectivity index (χ0v) is 14.9. The van der Waals surface area contributed by atoms with Crippen molar-refractivity contribution in [2.24, 2.45) is 5.73 Å². The number of aromatic hydroxyl groups is 1. The highest BCUT2D eigenvalue weighted by atomic mass is 32.2. The summed E-state index contributed by atoms with van der Waals surface area (Å²) in [4.78, 5) is 22.4. The van der Waals surface area contributed by atoms with E-state index in [1.54, 1.807) is 13.8 Å². The second-order valence-corrected chi connectivity index (χ2v) is 7.81.